The Kier molecular flexibility index (Phi) is 7.05. The SMILES string of the molecule is CC(C)S(=O)(=O)N1CCC(c2cc(S(=O)(=O)NC3(C#N)CC3)cc3c(-c4nnc(C(F)(F)F)s4)nn(C)c23)=C(F)C1. The molecule has 3 heterocycles. The van der Waals surface area contributed by atoms with Crippen LogP contribution in [0, 0.1) is 11.3 Å². The van der Waals surface area contributed by atoms with Crippen molar-refractivity contribution < 1.29 is 34.4 Å². The number of halogens is 4. The molecule has 5 rings (SSSR count). The molecule has 1 saturated carbocycles. The lowest BCUT2D eigenvalue weighted by molar-refractivity contribution is -0.138. The van der Waals surface area contributed by atoms with Crippen molar-refractivity contribution in [2.45, 2.75) is 55.0 Å². The third-order valence-corrected chi connectivity index (χ3v) is 11.6. The molecular weight excluding hydrogens is 610 g/mol. The van der Waals surface area contributed by atoms with E-state index < -0.39 is 54.4 Å². The molecule has 0 radical (unpaired) electrons. The van der Waals surface area contributed by atoms with E-state index in [4.69, 9.17) is 0 Å². The zero-order valence-corrected chi connectivity index (χ0v) is 24.3. The van der Waals surface area contributed by atoms with Gasteiger partial charge in [0.25, 0.3) is 0 Å². The lowest BCUT2D eigenvalue weighted by atomic mass is 9.96. The molecule has 0 saturated heterocycles. The van der Waals surface area contributed by atoms with Gasteiger partial charge in [0.15, 0.2) is 5.01 Å². The van der Waals surface area contributed by atoms with Crippen molar-refractivity contribution in [3.63, 3.8) is 0 Å². The Labute approximate surface area is 236 Å². The zero-order chi connectivity index (χ0) is 30.1. The molecule has 0 spiro atoms. The fourth-order valence-corrected chi connectivity index (χ4v) is 7.92. The van der Waals surface area contributed by atoms with Crippen LogP contribution in [0.3, 0.4) is 0 Å². The summed E-state index contributed by atoms with van der Waals surface area (Å²) < 4.78 is 112. The molecule has 0 amide bonds. The Morgan fingerprint density at radius 2 is 1.85 bits per heavy atom. The van der Waals surface area contributed by atoms with Crippen LogP contribution in [0.15, 0.2) is 22.9 Å². The van der Waals surface area contributed by atoms with E-state index in [1.165, 1.54) is 37.7 Å². The fraction of sp³-hybridized carbons (Fsp3) is 0.478. The number of benzene rings is 1. The molecule has 220 valence electrons. The Morgan fingerprint density at radius 3 is 2.39 bits per heavy atom. The summed E-state index contributed by atoms with van der Waals surface area (Å²) in [5.74, 6) is -0.807. The van der Waals surface area contributed by atoms with Gasteiger partial charge in [0, 0.05) is 24.5 Å². The maximum Gasteiger partial charge on any atom is 0.445 e. The number of nitrogens with one attached hydrogen (secondary N) is 1. The van der Waals surface area contributed by atoms with Gasteiger partial charge in [-0.1, -0.05) is 11.3 Å². The van der Waals surface area contributed by atoms with Gasteiger partial charge in [-0.25, -0.2) is 21.2 Å². The van der Waals surface area contributed by atoms with E-state index in [1.807, 2.05) is 6.07 Å². The van der Waals surface area contributed by atoms with E-state index in [9.17, 15) is 35.3 Å². The van der Waals surface area contributed by atoms with Gasteiger partial charge >= 0.3 is 6.18 Å². The van der Waals surface area contributed by atoms with Gasteiger partial charge < -0.3 is 0 Å². The fourth-order valence-electron chi connectivity index (χ4n) is 4.54. The second kappa shape index (κ2) is 9.80. The standard InChI is InChI=1S/C23H23F4N7O4S3/c1-12(2)41(37,38)34-7-4-14(17(24)10-34)15-8-13(40(35,36)32-22(11-28)5-6-22)9-16-18(31-33(3)19(15)16)20-29-30-21(39-20)23(25,26)27/h8-9,12,32H,4-7,10H2,1-3H3. The highest BCUT2D eigenvalue weighted by Crippen LogP contribution is 2.42. The first-order valence-corrected chi connectivity index (χ1v) is 16.0. The number of fused-ring (bicyclic) bond motifs is 1. The number of hydrogen-bond donors (Lipinski definition) is 1. The zero-order valence-electron chi connectivity index (χ0n) is 21.8. The third kappa shape index (κ3) is 5.25. The highest BCUT2D eigenvalue weighted by molar-refractivity contribution is 7.90. The van der Waals surface area contributed by atoms with Crippen LogP contribution in [-0.2, 0) is 33.3 Å². The number of nitrogens with zero attached hydrogens (tertiary/aromatic N) is 6. The first kappa shape index (κ1) is 29.5. The molecule has 1 N–H and O–H groups in total. The van der Waals surface area contributed by atoms with E-state index in [-0.39, 0.29) is 61.9 Å². The van der Waals surface area contributed by atoms with Crippen LogP contribution < -0.4 is 4.72 Å². The molecule has 2 aliphatic rings. The minimum absolute atomic E-state index is 0.0338. The summed E-state index contributed by atoms with van der Waals surface area (Å²) in [6, 6.07) is 4.31. The molecule has 41 heavy (non-hydrogen) atoms. The molecule has 0 bridgehead atoms. The van der Waals surface area contributed by atoms with Gasteiger partial charge in [0.05, 0.1) is 28.3 Å². The molecule has 11 nitrogen and oxygen atoms in total. The minimum Gasteiger partial charge on any atom is -0.267 e. The average molecular weight is 634 g/mol. The molecule has 1 aliphatic heterocycles. The van der Waals surface area contributed by atoms with Gasteiger partial charge in [-0.15, -0.1) is 10.2 Å². The molecule has 1 aromatic carbocycles. The van der Waals surface area contributed by atoms with Gasteiger partial charge in [-0.05, 0) is 50.8 Å². The van der Waals surface area contributed by atoms with E-state index in [1.54, 1.807) is 0 Å². The van der Waals surface area contributed by atoms with Crippen molar-refractivity contribution in [1.29, 1.82) is 5.26 Å². The van der Waals surface area contributed by atoms with Crippen LogP contribution in [0.25, 0.3) is 27.2 Å². The number of aromatic nitrogens is 4. The van der Waals surface area contributed by atoms with Crippen molar-refractivity contribution in [2.75, 3.05) is 13.1 Å². The second-order valence-electron chi connectivity index (χ2n) is 10.1. The van der Waals surface area contributed by atoms with Crippen LogP contribution in [-0.4, -0.2) is 65.0 Å². The number of aryl methyl sites for hydroxylation is 1. The summed E-state index contributed by atoms with van der Waals surface area (Å²) in [4.78, 5) is -0.367. The van der Waals surface area contributed by atoms with Crippen LogP contribution >= 0.6 is 11.3 Å². The maximum absolute atomic E-state index is 15.7. The molecular formula is C23H23F4N7O4S3. The van der Waals surface area contributed by atoms with Crippen LogP contribution in [0.5, 0.6) is 0 Å². The van der Waals surface area contributed by atoms with Crippen LogP contribution in [0.2, 0.25) is 0 Å². The second-order valence-corrected chi connectivity index (χ2v) is 15.3. The van der Waals surface area contributed by atoms with E-state index in [0.717, 1.165) is 4.31 Å². The molecule has 2 aromatic heterocycles. The monoisotopic (exact) mass is 633 g/mol. The topological polar surface area (TPSA) is 151 Å². The van der Waals surface area contributed by atoms with Gasteiger partial charge in [-0.2, -0.15) is 32.6 Å². The summed E-state index contributed by atoms with van der Waals surface area (Å²) in [5.41, 5.74) is -1.07. The predicted octanol–water partition coefficient (Wildman–Crippen LogP) is 3.57. The Bertz CT molecular complexity index is 1850. The number of sulfonamides is 2. The first-order chi connectivity index (χ1) is 19.0. The van der Waals surface area contributed by atoms with Crippen molar-refractivity contribution in [3.8, 4) is 16.8 Å². The number of nitriles is 1. The third-order valence-electron chi connectivity index (χ3n) is 6.92. The van der Waals surface area contributed by atoms with Crippen molar-refractivity contribution in [3.05, 3.63) is 28.5 Å². The quantitative estimate of drug-likeness (QED) is 0.388. The molecule has 0 unspecified atom stereocenters. The number of alkyl halides is 3. The summed E-state index contributed by atoms with van der Waals surface area (Å²) in [7, 11) is -6.69. The van der Waals surface area contributed by atoms with Gasteiger partial charge in [0.2, 0.25) is 25.1 Å². The maximum atomic E-state index is 15.7. The summed E-state index contributed by atoms with van der Waals surface area (Å²) in [6.45, 7) is 2.30. The van der Waals surface area contributed by atoms with Crippen LogP contribution in [0.4, 0.5) is 17.6 Å². The van der Waals surface area contributed by atoms with E-state index >= 15 is 4.39 Å². The lowest BCUT2D eigenvalue weighted by Gasteiger charge is -2.29. The van der Waals surface area contributed by atoms with E-state index in [0.29, 0.717) is 12.8 Å². The Hall–Kier alpha value is -2.98. The number of rotatable bonds is 7. The molecule has 0 atom stereocenters. The molecule has 18 heteroatoms. The van der Waals surface area contributed by atoms with Crippen molar-refractivity contribution >= 4 is 47.9 Å². The minimum atomic E-state index is -4.77. The normalized spacial score (nSPS) is 18.3. The smallest absolute Gasteiger partial charge is 0.267 e. The highest BCUT2D eigenvalue weighted by Gasteiger charge is 2.47. The largest absolute Gasteiger partial charge is 0.445 e. The summed E-state index contributed by atoms with van der Waals surface area (Å²) in [5, 5.41) is 18.3. The summed E-state index contributed by atoms with van der Waals surface area (Å²) in [6.07, 6.45) is -4.29. The highest BCUT2D eigenvalue weighted by atomic mass is 32.2. The van der Waals surface area contributed by atoms with E-state index in [2.05, 4.69) is 20.0 Å². The number of hydrogen-bond acceptors (Lipinski definition) is 9. The predicted molar refractivity (Wildman–Crippen MR) is 141 cm³/mol. The average Bonchev–Trinajstić information content (AvgIpc) is 3.30. The summed E-state index contributed by atoms with van der Waals surface area (Å²) >= 11 is 0.215. The molecule has 1 fully saturated rings. The molecule has 3 aromatic rings. The van der Waals surface area contributed by atoms with Gasteiger partial charge in [-0.3, -0.25) is 4.68 Å². The lowest BCUT2D eigenvalue weighted by Crippen LogP contribution is -2.40. The van der Waals surface area contributed by atoms with Crippen molar-refractivity contribution in [2.24, 2.45) is 7.05 Å². The Balaban J connectivity index is 1.72. The molecule has 1 aliphatic carbocycles. The van der Waals surface area contributed by atoms with Crippen molar-refractivity contribution in [1.82, 2.24) is 29.0 Å². The first-order valence-electron chi connectivity index (χ1n) is 12.2. The van der Waals surface area contributed by atoms with Gasteiger partial charge in [0.1, 0.15) is 17.1 Å². The van der Waals surface area contributed by atoms with Crippen LogP contribution in [0.1, 0.15) is 43.7 Å². The Morgan fingerprint density at radius 1 is 1.17 bits per heavy atom.